The molecule has 0 bridgehead atoms. The maximum atomic E-state index is 5.93. The van der Waals surface area contributed by atoms with Crippen LogP contribution in [0.15, 0.2) is 33.8 Å². The van der Waals surface area contributed by atoms with Crippen LogP contribution in [-0.2, 0) is 11.2 Å². The molecule has 1 N–H and O–H groups in total. The molecule has 0 atom stereocenters. The van der Waals surface area contributed by atoms with E-state index in [2.05, 4.69) is 34.3 Å². The summed E-state index contributed by atoms with van der Waals surface area (Å²) in [5.74, 6) is 2.82. The summed E-state index contributed by atoms with van der Waals surface area (Å²) in [5, 5.41) is 8.10. The predicted molar refractivity (Wildman–Crippen MR) is 131 cm³/mol. The van der Waals surface area contributed by atoms with E-state index in [-0.39, 0.29) is 24.0 Å². The lowest BCUT2D eigenvalue weighted by atomic mass is 9.96. The molecule has 1 aliphatic heterocycles. The lowest BCUT2D eigenvalue weighted by Crippen LogP contribution is -2.40. The molecule has 0 unspecified atom stereocenters. The van der Waals surface area contributed by atoms with Crippen molar-refractivity contribution in [2.45, 2.75) is 32.6 Å². The SMILES string of the molecule is CCNC(=NCCc1nc(-c2ccc(Cl)cc2)no1)N(C)CCC1CCOCC1.I. The maximum Gasteiger partial charge on any atom is 0.228 e. The van der Waals surface area contributed by atoms with Crippen molar-refractivity contribution in [3.8, 4) is 11.4 Å². The van der Waals surface area contributed by atoms with E-state index in [1.54, 1.807) is 0 Å². The molecule has 1 aliphatic rings. The highest BCUT2D eigenvalue weighted by Crippen LogP contribution is 2.19. The lowest BCUT2D eigenvalue weighted by Gasteiger charge is -2.26. The smallest absolute Gasteiger partial charge is 0.228 e. The summed E-state index contributed by atoms with van der Waals surface area (Å²) < 4.78 is 10.8. The summed E-state index contributed by atoms with van der Waals surface area (Å²) in [4.78, 5) is 11.4. The Morgan fingerprint density at radius 1 is 1.27 bits per heavy atom. The number of ether oxygens (including phenoxy) is 1. The molecule has 1 fully saturated rings. The molecule has 0 spiro atoms. The van der Waals surface area contributed by atoms with E-state index in [0.29, 0.717) is 29.7 Å². The second kappa shape index (κ2) is 13.1. The molecule has 1 aromatic heterocycles. The minimum absolute atomic E-state index is 0. The Balaban J connectivity index is 0.00000320. The normalized spacial score (nSPS) is 15.0. The third-order valence-electron chi connectivity index (χ3n) is 5.07. The first-order valence-corrected chi connectivity index (χ1v) is 10.7. The molecule has 30 heavy (non-hydrogen) atoms. The summed E-state index contributed by atoms with van der Waals surface area (Å²) in [6, 6.07) is 7.39. The number of aliphatic imine (C=N–C) groups is 1. The Labute approximate surface area is 200 Å². The third kappa shape index (κ3) is 7.70. The molecule has 2 heterocycles. The van der Waals surface area contributed by atoms with Crippen LogP contribution in [0.5, 0.6) is 0 Å². The molecule has 0 saturated carbocycles. The number of halogens is 2. The van der Waals surface area contributed by atoms with Crippen LogP contribution in [-0.4, -0.2) is 60.9 Å². The number of hydrogen-bond acceptors (Lipinski definition) is 5. The highest BCUT2D eigenvalue weighted by Gasteiger charge is 2.15. The Kier molecular flexibility index (Phi) is 10.9. The average Bonchev–Trinajstić information content (AvgIpc) is 3.21. The van der Waals surface area contributed by atoms with Crippen molar-refractivity contribution in [1.29, 1.82) is 0 Å². The molecule has 1 saturated heterocycles. The fourth-order valence-electron chi connectivity index (χ4n) is 3.32. The second-order valence-electron chi connectivity index (χ2n) is 7.27. The van der Waals surface area contributed by atoms with Crippen molar-refractivity contribution in [2.24, 2.45) is 10.9 Å². The molecular formula is C21H31ClIN5O2. The molecule has 0 aliphatic carbocycles. The largest absolute Gasteiger partial charge is 0.381 e. The monoisotopic (exact) mass is 547 g/mol. The van der Waals surface area contributed by atoms with Crippen LogP contribution in [0.25, 0.3) is 11.4 Å². The molecule has 0 radical (unpaired) electrons. The topological polar surface area (TPSA) is 75.8 Å². The van der Waals surface area contributed by atoms with Gasteiger partial charge >= 0.3 is 0 Å². The van der Waals surface area contributed by atoms with Crippen molar-refractivity contribution >= 4 is 41.5 Å². The Bertz CT molecular complexity index is 778. The number of nitrogens with zero attached hydrogens (tertiary/aromatic N) is 4. The fourth-order valence-corrected chi connectivity index (χ4v) is 3.44. The summed E-state index contributed by atoms with van der Waals surface area (Å²) in [7, 11) is 2.09. The number of aromatic nitrogens is 2. The van der Waals surface area contributed by atoms with Crippen molar-refractivity contribution in [2.75, 3.05) is 39.9 Å². The predicted octanol–water partition coefficient (Wildman–Crippen LogP) is 4.26. The quantitative estimate of drug-likeness (QED) is 0.302. The van der Waals surface area contributed by atoms with E-state index in [1.807, 2.05) is 24.3 Å². The van der Waals surface area contributed by atoms with Crippen molar-refractivity contribution in [3.63, 3.8) is 0 Å². The minimum Gasteiger partial charge on any atom is -0.381 e. The molecular weight excluding hydrogens is 517 g/mol. The first-order valence-electron chi connectivity index (χ1n) is 10.3. The van der Waals surface area contributed by atoms with Gasteiger partial charge in [0.25, 0.3) is 0 Å². The van der Waals surface area contributed by atoms with Gasteiger partial charge in [0, 0.05) is 50.4 Å². The molecule has 7 nitrogen and oxygen atoms in total. The van der Waals surface area contributed by atoms with Gasteiger partial charge in [0.05, 0.1) is 6.54 Å². The molecule has 9 heteroatoms. The van der Waals surface area contributed by atoms with Gasteiger partial charge in [-0.3, -0.25) is 4.99 Å². The molecule has 166 valence electrons. The van der Waals surface area contributed by atoms with Gasteiger partial charge in [0.15, 0.2) is 5.96 Å². The van der Waals surface area contributed by atoms with Crippen molar-refractivity contribution in [1.82, 2.24) is 20.4 Å². The van der Waals surface area contributed by atoms with Gasteiger partial charge in [-0.05, 0) is 56.4 Å². The highest BCUT2D eigenvalue weighted by atomic mass is 127. The van der Waals surface area contributed by atoms with Crippen LogP contribution in [0.4, 0.5) is 0 Å². The third-order valence-corrected chi connectivity index (χ3v) is 5.32. The Morgan fingerprint density at radius 2 is 2.00 bits per heavy atom. The van der Waals surface area contributed by atoms with Gasteiger partial charge in [-0.15, -0.1) is 24.0 Å². The summed E-state index contributed by atoms with van der Waals surface area (Å²) in [5.41, 5.74) is 0.883. The van der Waals surface area contributed by atoms with E-state index >= 15 is 0 Å². The van der Waals surface area contributed by atoms with Crippen LogP contribution in [0, 0.1) is 5.92 Å². The van der Waals surface area contributed by atoms with E-state index in [4.69, 9.17) is 25.9 Å². The average molecular weight is 548 g/mol. The van der Waals surface area contributed by atoms with Gasteiger partial charge in [-0.25, -0.2) is 0 Å². The number of hydrogen-bond donors (Lipinski definition) is 1. The summed E-state index contributed by atoms with van der Waals surface area (Å²) >= 11 is 5.93. The van der Waals surface area contributed by atoms with Crippen LogP contribution < -0.4 is 5.32 Å². The standard InChI is InChI=1S/C21H30ClN5O2.HI/c1-3-23-21(27(2)13-9-16-10-14-28-15-11-16)24-12-8-19-25-20(26-29-19)17-4-6-18(22)7-5-17;/h4-7,16H,3,8-15H2,1-2H3,(H,23,24);1H. The molecule has 0 amide bonds. The zero-order chi connectivity index (χ0) is 20.5. The number of rotatable bonds is 8. The van der Waals surface area contributed by atoms with Crippen LogP contribution in [0.2, 0.25) is 5.02 Å². The van der Waals surface area contributed by atoms with E-state index in [0.717, 1.165) is 56.6 Å². The molecule has 2 aromatic rings. The minimum atomic E-state index is 0. The number of benzene rings is 1. The lowest BCUT2D eigenvalue weighted by molar-refractivity contribution is 0.0625. The van der Waals surface area contributed by atoms with E-state index in [9.17, 15) is 0 Å². The van der Waals surface area contributed by atoms with Crippen molar-refractivity contribution < 1.29 is 9.26 Å². The number of guanidine groups is 1. The van der Waals surface area contributed by atoms with Gasteiger partial charge in [-0.2, -0.15) is 4.98 Å². The summed E-state index contributed by atoms with van der Waals surface area (Å²) in [6.45, 7) is 6.28. The zero-order valence-corrected chi connectivity index (χ0v) is 20.7. The van der Waals surface area contributed by atoms with Gasteiger partial charge in [0.2, 0.25) is 11.7 Å². The van der Waals surface area contributed by atoms with E-state index < -0.39 is 0 Å². The van der Waals surface area contributed by atoms with Gasteiger partial charge < -0.3 is 19.5 Å². The maximum absolute atomic E-state index is 5.93. The molecule has 1 aromatic carbocycles. The fraction of sp³-hybridized carbons (Fsp3) is 0.571. The van der Waals surface area contributed by atoms with Crippen LogP contribution in [0.1, 0.15) is 32.1 Å². The van der Waals surface area contributed by atoms with E-state index in [1.165, 1.54) is 6.42 Å². The number of nitrogens with one attached hydrogen (secondary N) is 1. The first kappa shape index (κ1) is 24.9. The van der Waals surface area contributed by atoms with Crippen LogP contribution in [0.3, 0.4) is 0 Å². The Hall–Kier alpha value is -1.39. The van der Waals surface area contributed by atoms with Crippen molar-refractivity contribution in [3.05, 3.63) is 35.2 Å². The van der Waals surface area contributed by atoms with Gasteiger partial charge in [-0.1, -0.05) is 16.8 Å². The highest BCUT2D eigenvalue weighted by molar-refractivity contribution is 14.0. The molecule has 3 rings (SSSR count). The second-order valence-corrected chi connectivity index (χ2v) is 7.71. The van der Waals surface area contributed by atoms with Crippen LogP contribution >= 0.6 is 35.6 Å². The first-order chi connectivity index (χ1) is 14.2. The zero-order valence-electron chi connectivity index (χ0n) is 17.6. The van der Waals surface area contributed by atoms with Gasteiger partial charge in [0.1, 0.15) is 0 Å². The Morgan fingerprint density at radius 3 is 2.70 bits per heavy atom. The summed E-state index contributed by atoms with van der Waals surface area (Å²) in [6.07, 6.45) is 4.09.